The van der Waals surface area contributed by atoms with Crippen molar-refractivity contribution in [3.05, 3.63) is 22.7 Å². The standard InChI is InChI=1S/C14H18BrNO3/c1-18-13-6-4-10(9-12(13)15)16-14(17)7-5-11-3-2-8-19-11/h4,6,9,11H,2-3,5,7-8H2,1H3,(H,16,17)/t11-/m0/s1. The van der Waals surface area contributed by atoms with Crippen molar-refractivity contribution >= 4 is 27.5 Å². The monoisotopic (exact) mass is 327 g/mol. The molecule has 1 aliphatic heterocycles. The Bertz CT molecular complexity index is 444. The SMILES string of the molecule is COc1ccc(NC(=O)CC[C@@H]2CCCO2)cc1Br. The fourth-order valence-corrected chi connectivity index (χ4v) is 2.67. The molecule has 1 aromatic carbocycles. The summed E-state index contributed by atoms with van der Waals surface area (Å²) in [6.07, 6.45) is 3.73. The van der Waals surface area contributed by atoms with Crippen molar-refractivity contribution in [1.29, 1.82) is 0 Å². The lowest BCUT2D eigenvalue weighted by atomic mass is 10.1. The highest BCUT2D eigenvalue weighted by molar-refractivity contribution is 9.10. The maximum absolute atomic E-state index is 11.8. The van der Waals surface area contributed by atoms with E-state index in [1.165, 1.54) is 0 Å². The Labute approximate surface area is 121 Å². The summed E-state index contributed by atoms with van der Waals surface area (Å²) in [5.41, 5.74) is 0.769. The minimum absolute atomic E-state index is 0.0209. The third-order valence-electron chi connectivity index (χ3n) is 3.15. The van der Waals surface area contributed by atoms with E-state index in [9.17, 15) is 4.79 Å². The van der Waals surface area contributed by atoms with Crippen molar-refractivity contribution in [2.24, 2.45) is 0 Å². The highest BCUT2D eigenvalue weighted by atomic mass is 79.9. The van der Waals surface area contributed by atoms with E-state index in [0.29, 0.717) is 6.42 Å². The second kappa shape index (κ2) is 6.91. The van der Waals surface area contributed by atoms with Crippen LogP contribution in [0.5, 0.6) is 5.75 Å². The Morgan fingerprint density at radius 1 is 1.58 bits per heavy atom. The number of halogens is 1. The average molecular weight is 328 g/mol. The summed E-state index contributed by atoms with van der Waals surface area (Å²) in [5, 5.41) is 2.88. The van der Waals surface area contributed by atoms with E-state index >= 15 is 0 Å². The topological polar surface area (TPSA) is 47.6 Å². The summed E-state index contributed by atoms with van der Waals surface area (Å²) in [7, 11) is 1.61. The maximum Gasteiger partial charge on any atom is 0.224 e. The van der Waals surface area contributed by atoms with Crippen LogP contribution in [-0.4, -0.2) is 25.7 Å². The summed E-state index contributed by atoms with van der Waals surface area (Å²) < 4.78 is 11.5. The highest BCUT2D eigenvalue weighted by Crippen LogP contribution is 2.27. The summed E-state index contributed by atoms with van der Waals surface area (Å²) in [6.45, 7) is 0.831. The quantitative estimate of drug-likeness (QED) is 0.902. The first-order chi connectivity index (χ1) is 9.19. The first-order valence-electron chi connectivity index (χ1n) is 6.44. The number of ether oxygens (including phenoxy) is 2. The van der Waals surface area contributed by atoms with E-state index in [-0.39, 0.29) is 12.0 Å². The number of anilines is 1. The molecule has 0 aromatic heterocycles. The van der Waals surface area contributed by atoms with Crippen molar-refractivity contribution in [1.82, 2.24) is 0 Å². The molecule has 0 spiro atoms. The van der Waals surface area contributed by atoms with Crippen molar-refractivity contribution < 1.29 is 14.3 Å². The minimum atomic E-state index is 0.0209. The lowest BCUT2D eigenvalue weighted by Gasteiger charge is -2.10. The van der Waals surface area contributed by atoms with Crippen LogP contribution in [0.4, 0.5) is 5.69 Å². The van der Waals surface area contributed by atoms with Gasteiger partial charge in [0.15, 0.2) is 0 Å². The predicted molar refractivity (Wildman–Crippen MR) is 77.5 cm³/mol. The average Bonchev–Trinajstić information content (AvgIpc) is 2.90. The fraction of sp³-hybridized carbons (Fsp3) is 0.500. The van der Waals surface area contributed by atoms with Gasteiger partial charge in [0, 0.05) is 18.7 Å². The third kappa shape index (κ3) is 4.21. The van der Waals surface area contributed by atoms with Crippen LogP contribution >= 0.6 is 15.9 Å². The molecular weight excluding hydrogens is 310 g/mol. The first-order valence-corrected chi connectivity index (χ1v) is 7.23. The van der Waals surface area contributed by atoms with E-state index in [0.717, 1.165) is 41.8 Å². The number of nitrogens with one attached hydrogen (secondary N) is 1. The molecule has 0 saturated carbocycles. The number of rotatable bonds is 5. The van der Waals surface area contributed by atoms with Crippen LogP contribution in [0.15, 0.2) is 22.7 Å². The summed E-state index contributed by atoms with van der Waals surface area (Å²) in [6, 6.07) is 5.48. The van der Waals surface area contributed by atoms with Gasteiger partial charge in [-0.15, -0.1) is 0 Å². The Balaban J connectivity index is 1.82. The van der Waals surface area contributed by atoms with E-state index in [4.69, 9.17) is 9.47 Å². The fourth-order valence-electron chi connectivity index (χ4n) is 2.13. The number of carbonyl (C=O) groups is 1. The summed E-state index contributed by atoms with van der Waals surface area (Å²) in [5.74, 6) is 0.768. The number of hydrogen-bond acceptors (Lipinski definition) is 3. The van der Waals surface area contributed by atoms with Crippen LogP contribution in [-0.2, 0) is 9.53 Å². The van der Waals surface area contributed by atoms with Crippen LogP contribution in [0.3, 0.4) is 0 Å². The van der Waals surface area contributed by atoms with Crippen molar-refractivity contribution in [2.45, 2.75) is 31.8 Å². The van der Waals surface area contributed by atoms with Gasteiger partial charge >= 0.3 is 0 Å². The van der Waals surface area contributed by atoms with Gasteiger partial charge < -0.3 is 14.8 Å². The zero-order valence-electron chi connectivity index (χ0n) is 10.9. The molecule has 1 saturated heterocycles. The van der Waals surface area contributed by atoms with E-state index < -0.39 is 0 Å². The smallest absolute Gasteiger partial charge is 0.224 e. The Hall–Kier alpha value is -1.07. The van der Waals surface area contributed by atoms with E-state index in [2.05, 4.69) is 21.2 Å². The molecule has 1 aliphatic rings. The number of benzene rings is 1. The van der Waals surface area contributed by atoms with Crippen LogP contribution in [0.1, 0.15) is 25.7 Å². The number of methoxy groups -OCH3 is 1. The molecule has 5 heteroatoms. The second-order valence-corrected chi connectivity index (χ2v) is 5.43. The van der Waals surface area contributed by atoms with Crippen LogP contribution in [0.2, 0.25) is 0 Å². The van der Waals surface area contributed by atoms with Gasteiger partial charge in [-0.25, -0.2) is 0 Å². The lowest BCUT2D eigenvalue weighted by Crippen LogP contribution is -2.15. The van der Waals surface area contributed by atoms with Gasteiger partial charge in [-0.1, -0.05) is 0 Å². The molecule has 0 bridgehead atoms. The van der Waals surface area contributed by atoms with Crippen molar-refractivity contribution in [2.75, 3.05) is 19.0 Å². The van der Waals surface area contributed by atoms with Gasteiger partial charge in [0.2, 0.25) is 5.91 Å². The van der Waals surface area contributed by atoms with Gasteiger partial charge in [0.05, 0.1) is 17.7 Å². The zero-order chi connectivity index (χ0) is 13.7. The summed E-state index contributed by atoms with van der Waals surface area (Å²) in [4.78, 5) is 11.8. The van der Waals surface area contributed by atoms with Gasteiger partial charge in [-0.2, -0.15) is 0 Å². The molecule has 1 atom stereocenters. The number of hydrogen-bond donors (Lipinski definition) is 1. The molecular formula is C14H18BrNO3. The molecule has 0 radical (unpaired) electrons. The van der Waals surface area contributed by atoms with Crippen LogP contribution in [0.25, 0.3) is 0 Å². The number of amides is 1. The Morgan fingerprint density at radius 3 is 3.05 bits per heavy atom. The van der Waals surface area contributed by atoms with Crippen molar-refractivity contribution in [3.8, 4) is 5.75 Å². The van der Waals surface area contributed by atoms with Gasteiger partial charge in [-0.05, 0) is 53.4 Å². The Morgan fingerprint density at radius 2 is 2.42 bits per heavy atom. The maximum atomic E-state index is 11.8. The molecule has 1 aromatic rings. The van der Waals surface area contributed by atoms with Crippen molar-refractivity contribution in [3.63, 3.8) is 0 Å². The molecule has 19 heavy (non-hydrogen) atoms. The molecule has 1 amide bonds. The first kappa shape index (κ1) is 14.3. The van der Waals surface area contributed by atoms with Gasteiger partial charge in [0.1, 0.15) is 5.75 Å². The second-order valence-electron chi connectivity index (χ2n) is 4.57. The van der Waals surface area contributed by atoms with Gasteiger partial charge in [0.25, 0.3) is 0 Å². The summed E-state index contributed by atoms with van der Waals surface area (Å²) >= 11 is 3.39. The lowest BCUT2D eigenvalue weighted by molar-refractivity contribution is -0.116. The molecule has 104 valence electrons. The van der Waals surface area contributed by atoms with Gasteiger partial charge in [-0.3, -0.25) is 4.79 Å². The molecule has 4 nitrogen and oxygen atoms in total. The largest absolute Gasteiger partial charge is 0.496 e. The molecule has 1 N–H and O–H groups in total. The molecule has 1 heterocycles. The molecule has 1 fully saturated rings. The van der Waals surface area contributed by atoms with Crippen LogP contribution in [0, 0.1) is 0 Å². The molecule has 0 aliphatic carbocycles. The molecule has 0 unspecified atom stereocenters. The minimum Gasteiger partial charge on any atom is -0.496 e. The van der Waals surface area contributed by atoms with E-state index in [1.807, 2.05) is 18.2 Å². The van der Waals surface area contributed by atoms with Crippen LogP contribution < -0.4 is 10.1 Å². The Kier molecular flexibility index (Phi) is 5.22. The number of carbonyl (C=O) groups excluding carboxylic acids is 1. The highest BCUT2D eigenvalue weighted by Gasteiger charge is 2.16. The molecule has 2 rings (SSSR count). The zero-order valence-corrected chi connectivity index (χ0v) is 12.5. The third-order valence-corrected chi connectivity index (χ3v) is 3.77. The normalized spacial score (nSPS) is 18.3. The predicted octanol–water partition coefficient (Wildman–Crippen LogP) is 3.36. The van der Waals surface area contributed by atoms with E-state index in [1.54, 1.807) is 7.11 Å².